The number of carboxylic acids is 1. The van der Waals surface area contributed by atoms with Crippen molar-refractivity contribution >= 4 is 23.3 Å². The molecule has 1 heterocycles. The number of nitrogens with zero attached hydrogens (tertiary/aromatic N) is 1. The van der Waals surface area contributed by atoms with Gasteiger partial charge in [-0.1, -0.05) is 0 Å². The van der Waals surface area contributed by atoms with Crippen LogP contribution in [0.2, 0.25) is 0 Å². The van der Waals surface area contributed by atoms with Gasteiger partial charge >= 0.3 is 5.97 Å². The van der Waals surface area contributed by atoms with Crippen LogP contribution in [0.15, 0.2) is 6.07 Å². The van der Waals surface area contributed by atoms with E-state index in [1.54, 1.807) is 19.9 Å². The van der Waals surface area contributed by atoms with Crippen molar-refractivity contribution in [1.82, 2.24) is 0 Å². The van der Waals surface area contributed by atoms with Crippen LogP contribution < -0.4 is 5.32 Å². The van der Waals surface area contributed by atoms with E-state index in [1.165, 1.54) is 0 Å². The first kappa shape index (κ1) is 13.7. The first-order valence-corrected chi connectivity index (χ1v) is 5.98. The monoisotopic (exact) mass is 272 g/mol. The molecule has 0 saturated heterocycles. The number of aryl methyl sites for hydroxylation is 1. The summed E-state index contributed by atoms with van der Waals surface area (Å²) in [7, 11) is 0. The molecule has 20 heavy (non-hydrogen) atoms. The first-order chi connectivity index (χ1) is 9.36. The number of rotatable bonds is 2. The average molecular weight is 272 g/mol. The van der Waals surface area contributed by atoms with Crippen LogP contribution in [0.25, 0.3) is 0 Å². The van der Waals surface area contributed by atoms with Gasteiger partial charge in [-0.05, 0) is 31.0 Å². The Morgan fingerprint density at radius 1 is 1.45 bits per heavy atom. The number of nitriles is 1. The quantitative estimate of drug-likeness (QED) is 0.791. The van der Waals surface area contributed by atoms with Gasteiger partial charge in [0.05, 0.1) is 17.7 Å². The van der Waals surface area contributed by atoms with Crippen molar-refractivity contribution < 1.29 is 19.5 Å². The van der Waals surface area contributed by atoms with Gasteiger partial charge in [0.25, 0.3) is 0 Å². The summed E-state index contributed by atoms with van der Waals surface area (Å²) in [5.41, 5.74) is 2.08. The molecule has 0 unspecified atom stereocenters. The topological polar surface area (TPSA) is 107 Å². The minimum Gasteiger partial charge on any atom is -0.481 e. The Balaban J connectivity index is 2.61. The molecule has 102 valence electrons. The predicted octanol–water partition coefficient (Wildman–Crippen LogP) is 1.40. The Morgan fingerprint density at radius 2 is 2.10 bits per heavy atom. The smallest absolute Gasteiger partial charge is 0.304 e. The molecule has 1 atom stereocenters. The van der Waals surface area contributed by atoms with E-state index in [4.69, 9.17) is 5.11 Å². The molecule has 0 bridgehead atoms. The SMILES string of the molecule is Cc1cc2c(c(C#N)c1C)NC(=O)[C@@H](CC(=O)O)C2=O. The van der Waals surface area contributed by atoms with Crippen LogP contribution >= 0.6 is 0 Å². The normalized spacial score (nSPS) is 17.1. The second kappa shape index (κ2) is 4.78. The molecule has 1 aliphatic rings. The average Bonchev–Trinajstić information content (AvgIpc) is 2.37. The van der Waals surface area contributed by atoms with Gasteiger partial charge in [-0.25, -0.2) is 0 Å². The van der Waals surface area contributed by atoms with Crippen molar-refractivity contribution in [1.29, 1.82) is 5.26 Å². The van der Waals surface area contributed by atoms with Gasteiger partial charge in [-0.15, -0.1) is 0 Å². The maximum absolute atomic E-state index is 12.3. The highest BCUT2D eigenvalue weighted by atomic mass is 16.4. The minimum absolute atomic E-state index is 0.187. The highest BCUT2D eigenvalue weighted by Gasteiger charge is 2.37. The van der Waals surface area contributed by atoms with E-state index in [2.05, 4.69) is 5.32 Å². The standard InChI is InChI=1S/C14H12N2O4/c1-6-3-8-12(10(5-15)7(6)2)16-14(20)9(13(8)19)4-11(17)18/h3,9H,4H2,1-2H3,(H,16,20)(H,17,18)/t9-/m0/s1. The summed E-state index contributed by atoms with van der Waals surface area (Å²) < 4.78 is 0. The van der Waals surface area contributed by atoms with Gasteiger partial charge in [0.15, 0.2) is 5.78 Å². The number of carbonyl (C=O) groups is 3. The molecule has 2 rings (SSSR count). The lowest BCUT2D eigenvalue weighted by Gasteiger charge is -2.24. The van der Waals surface area contributed by atoms with Crippen molar-refractivity contribution in [3.05, 3.63) is 28.3 Å². The summed E-state index contributed by atoms with van der Waals surface area (Å²) in [6.07, 6.45) is -0.557. The second-order valence-electron chi connectivity index (χ2n) is 4.73. The van der Waals surface area contributed by atoms with Crippen LogP contribution in [0.1, 0.15) is 33.5 Å². The molecule has 1 aliphatic heterocycles. The van der Waals surface area contributed by atoms with E-state index in [0.717, 1.165) is 5.56 Å². The number of carboxylic acid groups (broad SMARTS) is 1. The Bertz CT molecular complexity index is 685. The summed E-state index contributed by atoms with van der Waals surface area (Å²) in [4.78, 5) is 34.9. The number of hydrogen-bond acceptors (Lipinski definition) is 4. The van der Waals surface area contributed by atoms with E-state index in [9.17, 15) is 19.6 Å². The fraction of sp³-hybridized carbons (Fsp3) is 0.286. The molecular weight excluding hydrogens is 260 g/mol. The number of fused-ring (bicyclic) bond motifs is 1. The molecule has 6 heteroatoms. The number of aliphatic carboxylic acids is 1. The number of benzene rings is 1. The molecule has 1 aromatic carbocycles. The Morgan fingerprint density at radius 3 is 2.65 bits per heavy atom. The predicted molar refractivity (Wildman–Crippen MR) is 69.3 cm³/mol. The lowest BCUT2D eigenvalue weighted by Crippen LogP contribution is -2.37. The van der Waals surface area contributed by atoms with Gasteiger partial charge in [-0.2, -0.15) is 5.26 Å². The summed E-state index contributed by atoms with van der Waals surface area (Å²) in [6, 6.07) is 3.56. The lowest BCUT2D eigenvalue weighted by atomic mass is 9.85. The highest BCUT2D eigenvalue weighted by Crippen LogP contribution is 2.33. The molecule has 1 amide bonds. The Hall–Kier alpha value is -2.68. The third-order valence-corrected chi connectivity index (χ3v) is 3.48. The maximum atomic E-state index is 12.3. The molecule has 0 aliphatic carbocycles. The van der Waals surface area contributed by atoms with Crippen molar-refractivity contribution in [2.45, 2.75) is 20.3 Å². The van der Waals surface area contributed by atoms with Gasteiger partial charge in [-0.3, -0.25) is 14.4 Å². The third kappa shape index (κ3) is 2.03. The zero-order chi connectivity index (χ0) is 15.0. The van der Waals surface area contributed by atoms with Gasteiger partial charge in [0.2, 0.25) is 5.91 Å². The second-order valence-corrected chi connectivity index (χ2v) is 4.73. The number of amides is 1. The molecule has 0 aromatic heterocycles. The molecule has 1 aromatic rings. The summed E-state index contributed by atoms with van der Waals surface area (Å²) >= 11 is 0. The molecule has 0 spiro atoms. The maximum Gasteiger partial charge on any atom is 0.304 e. The Labute approximate surface area is 115 Å². The van der Waals surface area contributed by atoms with Gasteiger partial charge in [0.1, 0.15) is 12.0 Å². The number of ketones is 1. The molecule has 6 nitrogen and oxygen atoms in total. The number of hydrogen-bond donors (Lipinski definition) is 2. The fourth-order valence-electron chi connectivity index (χ4n) is 2.26. The van der Waals surface area contributed by atoms with Crippen LogP contribution in [0.5, 0.6) is 0 Å². The molecular formula is C14H12N2O4. The largest absolute Gasteiger partial charge is 0.481 e. The van der Waals surface area contributed by atoms with Crippen LogP contribution in [-0.4, -0.2) is 22.8 Å². The van der Waals surface area contributed by atoms with E-state index in [0.29, 0.717) is 5.56 Å². The number of anilines is 1. The van der Waals surface area contributed by atoms with Crippen LogP contribution in [0, 0.1) is 31.1 Å². The number of carbonyl (C=O) groups excluding carboxylic acids is 2. The Kier molecular flexibility index (Phi) is 3.28. The van der Waals surface area contributed by atoms with Crippen molar-refractivity contribution in [2.24, 2.45) is 5.92 Å². The van der Waals surface area contributed by atoms with Crippen molar-refractivity contribution in [2.75, 3.05) is 5.32 Å². The zero-order valence-corrected chi connectivity index (χ0v) is 11.0. The van der Waals surface area contributed by atoms with E-state index >= 15 is 0 Å². The zero-order valence-electron chi connectivity index (χ0n) is 11.0. The van der Waals surface area contributed by atoms with Crippen LogP contribution in [0.4, 0.5) is 5.69 Å². The van der Waals surface area contributed by atoms with Crippen molar-refractivity contribution in [3.8, 4) is 6.07 Å². The molecule has 0 saturated carbocycles. The van der Waals surface area contributed by atoms with Crippen LogP contribution in [-0.2, 0) is 9.59 Å². The van der Waals surface area contributed by atoms with Crippen molar-refractivity contribution in [3.63, 3.8) is 0 Å². The van der Waals surface area contributed by atoms with Gasteiger partial charge < -0.3 is 10.4 Å². The van der Waals surface area contributed by atoms with Crippen LogP contribution in [0.3, 0.4) is 0 Å². The van der Waals surface area contributed by atoms with E-state index < -0.39 is 30.0 Å². The first-order valence-electron chi connectivity index (χ1n) is 5.98. The van der Waals surface area contributed by atoms with E-state index in [1.807, 2.05) is 6.07 Å². The number of nitrogens with one attached hydrogen (secondary N) is 1. The van der Waals surface area contributed by atoms with E-state index in [-0.39, 0.29) is 16.8 Å². The summed E-state index contributed by atoms with van der Waals surface area (Å²) in [5, 5.41) is 20.4. The fourth-order valence-corrected chi connectivity index (χ4v) is 2.26. The minimum atomic E-state index is -1.24. The number of Topliss-reactive ketones (excluding diaryl/α,β-unsaturated/α-hetero) is 1. The molecule has 0 radical (unpaired) electrons. The van der Waals surface area contributed by atoms with Gasteiger partial charge in [0, 0.05) is 5.56 Å². The summed E-state index contributed by atoms with van der Waals surface area (Å²) in [5.74, 6) is -3.68. The third-order valence-electron chi connectivity index (χ3n) is 3.48. The lowest BCUT2D eigenvalue weighted by molar-refractivity contribution is -0.139. The molecule has 0 fully saturated rings. The highest BCUT2D eigenvalue weighted by molar-refractivity contribution is 6.22. The molecule has 2 N–H and O–H groups in total. The summed E-state index contributed by atoms with van der Waals surface area (Å²) in [6.45, 7) is 3.49.